The standard InChI is InChI=1S/C21H18N8O/c1-30-16-5-2-4-14(10-16)25-21-26-20(28-29-21)17-6-3-9-22-19(17)24-15-8-7-13-12-23-27-18(13)11-15/h2-12H,1H3,(H,22,24)(H,23,27)(H2,25,26,28,29). The number of rotatable bonds is 6. The minimum absolute atomic E-state index is 0.451. The van der Waals surface area contributed by atoms with Crippen molar-refractivity contribution in [3.8, 4) is 17.1 Å². The van der Waals surface area contributed by atoms with Crippen LogP contribution in [0.2, 0.25) is 0 Å². The second-order valence-corrected chi connectivity index (χ2v) is 6.56. The fraction of sp³-hybridized carbons (Fsp3) is 0.0476. The molecule has 0 atom stereocenters. The number of nitrogens with zero attached hydrogens (tertiary/aromatic N) is 4. The van der Waals surface area contributed by atoms with Crippen LogP contribution < -0.4 is 15.4 Å². The van der Waals surface area contributed by atoms with Crippen LogP contribution in [-0.2, 0) is 0 Å². The first-order valence-corrected chi connectivity index (χ1v) is 9.27. The third-order valence-electron chi connectivity index (χ3n) is 4.58. The van der Waals surface area contributed by atoms with Crippen molar-refractivity contribution >= 4 is 34.0 Å². The highest BCUT2D eigenvalue weighted by molar-refractivity contribution is 5.84. The summed E-state index contributed by atoms with van der Waals surface area (Å²) in [6.45, 7) is 0. The van der Waals surface area contributed by atoms with Gasteiger partial charge in [-0.15, -0.1) is 5.10 Å². The summed E-state index contributed by atoms with van der Waals surface area (Å²) < 4.78 is 5.25. The zero-order valence-corrected chi connectivity index (χ0v) is 16.0. The Morgan fingerprint density at radius 3 is 2.80 bits per heavy atom. The number of benzene rings is 2. The Balaban J connectivity index is 1.41. The van der Waals surface area contributed by atoms with Crippen molar-refractivity contribution in [2.75, 3.05) is 17.7 Å². The van der Waals surface area contributed by atoms with Gasteiger partial charge in [-0.1, -0.05) is 6.07 Å². The smallest absolute Gasteiger partial charge is 0.246 e. The molecule has 0 spiro atoms. The topological polar surface area (TPSA) is 116 Å². The molecule has 0 fully saturated rings. The van der Waals surface area contributed by atoms with Gasteiger partial charge >= 0.3 is 0 Å². The second kappa shape index (κ2) is 7.55. The molecule has 3 aromatic heterocycles. The average Bonchev–Trinajstić information content (AvgIpc) is 3.43. The summed E-state index contributed by atoms with van der Waals surface area (Å²) in [6.07, 6.45) is 3.52. The van der Waals surface area contributed by atoms with E-state index in [4.69, 9.17) is 4.74 Å². The molecular formula is C21H18N8O. The van der Waals surface area contributed by atoms with E-state index in [1.807, 2.05) is 54.6 Å². The van der Waals surface area contributed by atoms with Crippen molar-refractivity contribution in [1.82, 2.24) is 30.4 Å². The van der Waals surface area contributed by atoms with E-state index in [0.29, 0.717) is 17.6 Å². The third kappa shape index (κ3) is 3.51. The Bertz CT molecular complexity index is 1310. The molecule has 4 N–H and O–H groups in total. The largest absolute Gasteiger partial charge is 0.497 e. The Morgan fingerprint density at radius 1 is 0.933 bits per heavy atom. The lowest BCUT2D eigenvalue weighted by atomic mass is 10.2. The minimum Gasteiger partial charge on any atom is -0.497 e. The first-order chi connectivity index (χ1) is 14.8. The van der Waals surface area contributed by atoms with Gasteiger partial charge in [0.2, 0.25) is 5.95 Å². The molecule has 2 aromatic carbocycles. The van der Waals surface area contributed by atoms with Crippen LogP contribution in [0, 0.1) is 0 Å². The van der Waals surface area contributed by atoms with Crippen LogP contribution in [0.4, 0.5) is 23.1 Å². The van der Waals surface area contributed by atoms with E-state index in [9.17, 15) is 0 Å². The fourth-order valence-electron chi connectivity index (χ4n) is 3.12. The van der Waals surface area contributed by atoms with Gasteiger partial charge in [-0.2, -0.15) is 10.1 Å². The molecule has 30 heavy (non-hydrogen) atoms. The molecule has 5 rings (SSSR count). The molecule has 3 heterocycles. The number of aromatic nitrogens is 6. The summed E-state index contributed by atoms with van der Waals surface area (Å²) in [5, 5.41) is 21.8. The van der Waals surface area contributed by atoms with Gasteiger partial charge in [-0.3, -0.25) is 10.2 Å². The van der Waals surface area contributed by atoms with Crippen LogP contribution in [0.3, 0.4) is 0 Å². The van der Waals surface area contributed by atoms with Gasteiger partial charge in [-0.25, -0.2) is 4.98 Å². The average molecular weight is 398 g/mol. The Labute approximate surface area is 171 Å². The lowest BCUT2D eigenvalue weighted by molar-refractivity contribution is 0.415. The number of aromatic amines is 2. The highest BCUT2D eigenvalue weighted by Gasteiger charge is 2.12. The third-order valence-corrected chi connectivity index (χ3v) is 4.58. The highest BCUT2D eigenvalue weighted by atomic mass is 16.5. The Hall–Kier alpha value is -4.40. The molecule has 0 radical (unpaired) electrons. The molecule has 9 nitrogen and oxygen atoms in total. The van der Waals surface area contributed by atoms with Crippen molar-refractivity contribution in [1.29, 1.82) is 0 Å². The maximum Gasteiger partial charge on any atom is 0.246 e. The van der Waals surface area contributed by atoms with Crippen LogP contribution in [0.1, 0.15) is 0 Å². The van der Waals surface area contributed by atoms with Crippen LogP contribution in [0.5, 0.6) is 5.75 Å². The number of H-pyrrole nitrogens is 2. The van der Waals surface area contributed by atoms with Crippen molar-refractivity contribution in [2.45, 2.75) is 0 Å². The van der Waals surface area contributed by atoms with E-state index < -0.39 is 0 Å². The van der Waals surface area contributed by atoms with Crippen molar-refractivity contribution in [2.24, 2.45) is 0 Å². The fourth-order valence-corrected chi connectivity index (χ4v) is 3.12. The molecule has 0 saturated heterocycles. The van der Waals surface area contributed by atoms with Gasteiger partial charge in [0.15, 0.2) is 5.82 Å². The van der Waals surface area contributed by atoms with E-state index in [0.717, 1.165) is 33.6 Å². The Morgan fingerprint density at radius 2 is 1.87 bits per heavy atom. The number of fused-ring (bicyclic) bond motifs is 1. The maximum atomic E-state index is 5.25. The van der Waals surface area contributed by atoms with Gasteiger partial charge in [0.05, 0.1) is 24.4 Å². The number of methoxy groups -OCH3 is 1. The summed E-state index contributed by atoms with van der Waals surface area (Å²) in [5.74, 6) is 2.47. The predicted octanol–water partition coefficient (Wildman–Crippen LogP) is 4.24. The van der Waals surface area contributed by atoms with E-state index >= 15 is 0 Å². The summed E-state index contributed by atoms with van der Waals surface area (Å²) in [7, 11) is 1.63. The van der Waals surface area contributed by atoms with Crippen molar-refractivity contribution < 1.29 is 4.74 Å². The molecule has 0 aliphatic carbocycles. The second-order valence-electron chi connectivity index (χ2n) is 6.56. The summed E-state index contributed by atoms with van der Waals surface area (Å²) in [4.78, 5) is 9.03. The minimum atomic E-state index is 0.451. The number of hydrogen-bond donors (Lipinski definition) is 4. The van der Waals surface area contributed by atoms with Gasteiger partial charge in [0.25, 0.3) is 0 Å². The normalized spacial score (nSPS) is 10.8. The first kappa shape index (κ1) is 17.7. The van der Waals surface area contributed by atoms with Gasteiger partial charge in [0.1, 0.15) is 11.6 Å². The zero-order chi connectivity index (χ0) is 20.3. The molecule has 0 amide bonds. The van der Waals surface area contributed by atoms with E-state index in [1.54, 1.807) is 19.5 Å². The molecule has 0 unspecified atom stereocenters. The van der Waals surface area contributed by atoms with Crippen LogP contribution in [-0.4, -0.2) is 37.5 Å². The number of hydrogen-bond acceptors (Lipinski definition) is 7. The molecular weight excluding hydrogens is 380 g/mol. The SMILES string of the molecule is COc1cccc(Nc2n[nH]c(-c3cccnc3Nc3ccc4cn[nH]c4c3)n2)c1. The number of nitrogens with one attached hydrogen (secondary N) is 4. The number of anilines is 4. The summed E-state index contributed by atoms with van der Waals surface area (Å²) in [6, 6.07) is 17.3. The maximum absolute atomic E-state index is 5.25. The zero-order valence-electron chi connectivity index (χ0n) is 16.0. The molecule has 0 aliphatic rings. The van der Waals surface area contributed by atoms with Gasteiger partial charge in [0, 0.05) is 29.0 Å². The molecule has 0 aliphatic heterocycles. The van der Waals surface area contributed by atoms with Crippen LogP contribution in [0.15, 0.2) is 67.0 Å². The Kier molecular flexibility index (Phi) is 4.45. The highest BCUT2D eigenvalue weighted by Crippen LogP contribution is 2.28. The number of ether oxygens (including phenoxy) is 1. The summed E-state index contributed by atoms with van der Waals surface area (Å²) >= 11 is 0. The van der Waals surface area contributed by atoms with Gasteiger partial charge < -0.3 is 15.4 Å². The molecule has 0 saturated carbocycles. The molecule has 0 bridgehead atoms. The van der Waals surface area contributed by atoms with E-state index in [2.05, 4.69) is 41.0 Å². The van der Waals surface area contributed by atoms with E-state index in [-0.39, 0.29) is 0 Å². The van der Waals surface area contributed by atoms with Crippen LogP contribution in [0.25, 0.3) is 22.3 Å². The van der Waals surface area contributed by atoms with Gasteiger partial charge in [-0.05, 0) is 42.5 Å². The lowest BCUT2D eigenvalue weighted by Gasteiger charge is -2.09. The van der Waals surface area contributed by atoms with Crippen molar-refractivity contribution in [3.63, 3.8) is 0 Å². The van der Waals surface area contributed by atoms with E-state index in [1.165, 1.54) is 0 Å². The predicted molar refractivity (Wildman–Crippen MR) is 115 cm³/mol. The van der Waals surface area contributed by atoms with Crippen molar-refractivity contribution in [3.05, 3.63) is 67.0 Å². The first-order valence-electron chi connectivity index (χ1n) is 9.27. The van der Waals surface area contributed by atoms with Crippen LogP contribution >= 0.6 is 0 Å². The monoisotopic (exact) mass is 398 g/mol. The number of pyridine rings is 1. The molecule has 9 heteroatoms. The molecule has 148 valence electrons. The quantitative estimate of drug-likeness (QED) is 0.338. The summed E-state index contributed by atoms with van der Waals surface area (Å²) in [5.41, 5.74) is 3.47. The lowest BCUT2D eigenvalue weighted by Crippen LogP contribution is -1.97. The molecule has 5 aromatic rings.